The maximum atomic E-state index is 13.4. The molecule has 4 saturated carbocycles. The smallest absolute Gasteiger partial charge is 0.338 e. The number of hydrogen-bond acceptors (Lipinski definition) is 4. The number of hydrogen-bond donors (Lipinski definition) is 0. The van der Waals surface area contributed by atoms with E-state index in [0.717, 1.165) is 49.0 Å². The van der Waals surface area contributed by atoms with Crippen molar-refractivity contribution in [3.63, 3.8) is 0 Å². The van der Waals surface area contributed by atoms with E-state index in [4.69, 9.17) is 9.47 Å². The molecule has 0 bridgehead atoms. The molecule has 0 saturated heterocycles. The zero-order chi connectivity index (χ0) is 36.6. The van der Waals surface area contributed by atoms with E-state index >= 15 is 0 Å². The Morgan fingerprint density at radius 2 is 1.32 bits per heavy atom. The molecule has 4 fully saturated rings. The molecular formula is C46H70O4. The van der Waals surface area contributed by atoms with Crippen LogP contribution in [0, 0.1) is 73.0 Å². The van der Waals surface area contributed by atoms with Crippen LogP contribution in [0.5, 0.6) is 0 Å². The molecule has 4 aliphatic rings. The van der Waals surface area contributed by atoms with Crippen molar-refractivity contribution in [2.45, 2.75) is 152 Å². The Bertz CT molecular complexity index is 1330. The molecule has 4 aliphatic carbocycles. The second-order valence-corrected chi connectivity index (χ2v) is 17.3. The number of esters is 1. The van der Waals surface area contributed by atoms with E-state index in [1.165, 1.54) is 56.1 Å². The molecule has 50 heavy (non-hydrogen) atoms. The quantitative estimate of drug-likeness (QED) is 0.195. The summed E-state index contributed by atoms with van der Waals surface area (Å²) in [4.78, 5) is 24.7. The second kappa shape index (κ2) is 17.7. The third-order valence-corrected chi connectivity index (χ3v) is 13.8. The standard InChI is InChI=1S/C36H54O4.C8H10.C2H6/c1-23(2)8-7-9-25(4)29-14-15-30-28-21-33(40-34(38)26-12-10-24(3)11-13-26)32-20-27(39-22-37)16-18-36(32,6)31(28)17-19-35(29,30)5;1-7-3-5-8(2)6-4-7;1-2/h10-13,22-23,25,27-33H,7-9,14-21H2,1-6H3;3-6H,1-2H3;1-2H3. The van der Waals surface area contributed by atoms with Crippen LogP contribution in [-0.4, -0.2) is 24.6 Å². The van der Waals surface area contributed by atoms with Gasteiger partial charge in [0.1, 0.15) is 12.2 Å². The van der Waals surface area contributed by atoms with Crippen LogP contribution < -0.4 is 0 Å². The van der Waals surface area contributed by atoms with Gasteiger partial charge in [-0.25, -0.2) is 4.79 Å². The van der Waals surface area contributed by atoms with Gasteiger partial charge in [-0.3, -0.25) is 4.79 Å². The molecule has 6 rings (SSSR count). The van der Waals surface area contributed by atoms with Crippen LogP contribution in [0.25, 0.3) is 0 Å². The molecule has 0 aromatic heterocycles. The third-order valence-electron chi connectivity index (χ3n) is 13.8. The highest BCUT2D eigenvalue weighted by Crippen LogP contribution is 2.68. The number of ether oxygens (including phenoxy) is 2. The first-order valence-electron chi connectivity index (χ1n) is 20.3. The summed E-state index contributed by atoms with van der Waals surface area (Å²) < 4.78 is 12.0. The maximum absolute atomic E-state index is 13.4. The fourth-order valence-electron chi connectivity index (χ4n) is 11.1. The van der Waals surface area contributed by atoms with Gasteiger partial charge in [0.25, 0.3) is 6.47 Å². The lowest BCUT2D eigenvalue weighted by Gasteiger charge is -2.62. The monoisotopic (exact) mass is 687 g/mol. The highest BCUT2D eigenvalue weighted by Gasteiger charge is 2.63. The first kappa shape index (κ1) is 40.2. The topological polar surface area (TPSA) is 52.6 Å². The van der Waals surface area contributed by atoms with Crippen LogP contribution in [0.3, 0.4) is 0 Å². The lowest BCUT2D eigenvalue weighted by Crippen LogP contribution is -2.59. The molecule has 0 spiro atoms. The Hall–Kier alpha value is -2.62. The summed E-state index contributed by atoms with van der Waals surface area (Å²) in [5.74, 6) is 4.39. The molecule has 10 atom stereocenters. The number of carbonyl (C=O) groups is 2. The van der Waals surface area contributed by atoms with Crippen molar-refractivity contribution in [1.82, 2.24) is 0 Å². The number of aryl methyl sites for hydroxylation is 3. The summed E-state index contributed by atoms with van der Waals surface area (Å²) >= 11 is 0. The Kier molecular flexibility index (Phi) is 14.2. The van der Waals surface area contributed by atoms with Crippen LogP contribution in [0.2, 0.25) is 0 Å². The van der Waals surface area contributed by atoms with Gasteiger partial charge in [0.05, 0.1) is 5.56 Å². The number of rotatable bonds is 9. The van der Waals surface area contributed by atoms with Crippen LogP contribution >= 0.6 is 0 Å². The Labute approximate surface area is 305 Å². The Morgan fingerprint density at radius 3 is 1.90 bits per heavy atom. The van der Waals surface area contributed by atoms with E-state index in [1.54, 1.807) is 0 Å². The van der Waals surface area contributed by atoms with Gasteiger partial charge in [-0.05, 0) is 131 Å². The minimum absolute atomic E-state index is 0.0656. The fraction of sp³-hybridized carbons (Fsp3) is 0.696. The molecule has 0 aliphatic heterocycles. The first-order valence-corrected chi connectivity index (χ1v) is 20.3. The molecular weight excluding hydrogens is 617 g/mol. The molecule has 10 unspecified atom stereocenters. The van der Waals surface area contributed by atoms with Crippen molar-refractivity contribution in [1.29, 1.82) is 0 Å². The van der Waals surface area contributed by atoms with E-state index in [2.05, 4.69) is 72.7 Å². The molecule has 2 aromatic rings. The molecule has 2 aromatic carbocycles. The summed E-state index contributed by atoms with van der Waals surface area (Å²) in [5.41, 5.74) is 4.94. The minimum Gasteiger partial charge on any atom is -0.465 e. The van der Waals surface area contributed by atoms with E-state index in [-0.39, 0.29) is 29.5 Å². The van der Waals surface area contributed by atoms with Gasteiger partial charge in [0.2, 0.25) is 0 Å². The zero-order valence-corrected chi connectivity index (χ0v) is 33.3. The second-order valence-electron chi connectivity index (χ2n) is 17.3. The minimum atomic E-state index is -0.203. The number of carbonyl (C=O) groups excluding carboxylic acids is 2. The SMILES string of the molecule is CC.Cc1ccc(C(=O)OC2CC3C4CCC(C(C)CCCC(C)C)C4(C)CCC3C3(C)CCC(OC=O)CC23)cc1.Cc1ccc(C)cc1. The normalized spacial score (nSPS) is 33.2. The average Bonchev–Trinajstić information content (AvgIpc) is 3.45. The highest BCUT2D eigenvalue weighted by atomic mass is 16.5. The zero-order valence-electron chi connectivity index (χ0n) is 33.3. The molecule has 4 nitrogen and oxygen atoms in total. The van der Waals surface area contributed by atoms with Gasteiger partial charge in [-0.2, -0.15) is 0 Å². The molecule has 278 valence electrons. The predicted molar refractivity (Wildman–Crippen MR) is 207 cm³/mol. The summed E-state index contributed by atoms with van der Waals surface area (Å²) in [6.45, 7) is 23.2. The number of benzene rings is 2. The molecule has 0 N–H and O–H groups in total. The first-order chi connectivity index (χ1) is 23.9. The fourth-order valence-corrected chi connectivity index (χ4v) is 11.1. The van der Waals surface area contributed by atoms with Crippen molar-refractivity contribution < 1.29 is 19.1 Å². The van der Waals surface area contributed by atoms with Gasteiger partial charge >= 0.3 is 5.97 Å². The lowest BCUT2D eigenvalue weighted by atomic mass is 9.43. The van der Waals surface area contributed by atoms with Crippen molar-refractivity contribution in [2.24, 2.45) is 52.3 Å². The molecule has 0 radical (unpaired) electrons. The van der Waals surface area contributed by atoms with Crippen LogP contribution in [0.15, 0.2) is 48.5 Å². The van der Waals surface area contributed by atoms with E-state index in [9.17, 15) is 9.59 Å². The van der Waals surface area contributed by atoms with Crippen LogP contribution in [0.1, 0.15) is 146 Å². The van der Waals surface area contributed by atoms with Gasteiger partial charge < -0.3 is 9.47 Å². The largest absolute Gasteiger partial charge is 0.465 e. The van der Waals surface area contributed by atoms with E-state index in [0.29, 0.717) is 35.2 Å². The number of fused-ring (bicyclic) bond motifs is 5. The van der Waals surface area contributed by atoms with E-state index < -0.39 is 0 Å². The van der Waals surface area contributed by atoms with Crippen molar-refractivity contribution in [2.75, 3.05) is 0 Å². The molecule has 4 heteroatoms. The van der Waals surface area contributed by atoms with Crippen LogP contribution in [-0.2, 0) is 14.3 Å². The Balaban J connectivity index is 0.000000489. The highest BCUT2D eigenvalue weighted by molar-refractivity contribution is 5.89. The van der Waals surface area contributed by atoms with Crippen LogP contribution in [0.4, 0.5) is 0 Å². The summed E-state index contributed by atoms with van der Waals surface area (Å²) in [7, 11) is 0. The van der Waals surface area contributed by atoms with Gasteiger partial charge in [0.15, 0.2) is 0 Å². The summed E-state index contributed by atoms with van der Waals surface area (Å²) in [6.07, 6.45) is 12.9. The average molecular weight is 687 g/mol. The van der Waals surface area contributed by atoms with Gasteiger partial charge in [-0.15, -0.1) is 0 Å². The maximum Gasteiger partial charge on any atom is 0.338 e. The third kappa shape index (κ3) is 9.05. The lowest BCUT2D eigenvalue weighted by molar-refractivity contribution is -0.179. The van der Waals surface area contributed by atoms with Crippen molar-refractivity contribution in [3.05, 3.63) is 70.8 Å². The van der Waals surface area contributed by atoms with Crippen molar-refractivity contribution in [3.8, 4) is 0 Å². The summed E-state index contributed by atoms with van der Waals surface area (Å²) in [5, 5.41) is 0. The predicted octanol–water partition coefficient (Wildman–Crippen LogP) is 12.1. The van der Waals surface area contributed by atoms with E-state index in [1.807, 2.05) is 45.0 Å². The van der Waals surface area contributed by atoms with Gasteiger partial charge in [-0.1, -0.05) is 121 Å². The van der Waals surface area contributed by atoms with Crippen molar-refractivity contribution >= 4 is 12.4 Å². The summed E-state index contributed by atoms with van der Waals surface area (Å²) in [6, 6.07) is 16.2. The Morgan fingerprint density at radius 1 is 0.760 bits per heavy atom. The molecule has 0 amide bonds. The molecule has 0 heterocycles. The van der Waals surface area contributed by atoms with Gasteiger partial charge in [0, 0.05) is 5.92 Å².